The van der Waals surface area contributed by atoms with Crippen LogP contribution in [0.25, 0.3) is 0 Å². The number of rotatable bonds is 5. The number of Topliss-reactive ketones (excluding diaryl/α,β-unsaturated/α-hetero) is 1. The van der Waals surface area contributed by atoms with Crippen LogP contribution in [0.2, 0.25) is 0 Å². The van der Waals surface area contributed by atoms with Gasteiger partial charge in [0.05, 0.1) is 20.1 Å². The molecule has 0 bridgehead atoms. The Hall–Kier alpha value is -2.04. The summed E-state index contributed by atoms with van der Waals surface area (Å²) in [5.74, 6) is 1.30. The zero-order valence-electron chi connectivity index (χ0n) is 11.1. The van der Waals surface area contributed by atoms with Crippen molar-refractivity contribution in [2.75, 3.05) is 14.2 Å². The topological polar surface area (TPSA) is 64.6 Å². The van der Waals surface area contributed by atoms with Crippen LogP contribution in [0.3, 0.4) is 0 Å². The Kier molecular flexibility index (Phi) is 4.04. The summed E-state index contributed by atoms with van der Waals surface area (Å²) in [6.07, 6.45) is 0.733. The predicted molar refractivity (Wildman–Crippen MR) is 69.1 cm³/mol. The minimum absolute atomic E-state index is 0.0718. The van der Waals surface area contributed by atoms with Gasteiger partial charge >= 0.3 is 0 Å². The molecule has 5 nitrogen and oxygen atoms in total. The van der Waals surface area contributed by atoms with Gasteiger partial charge in [-0.1, -0.05) is 0 Å². The van der Waals surface area contributed by atoms with Crippen LogP contribution in [0, 0.1) is 5.92 Å². The molecule has 0 heterocycles. The predicted octanol–water partition coefficient (Wildman–Crippen LogP) is 1.30. The van der Waals surface area contributed by atoms with E-state index in [9.17, 15) is 9.59 Å². The average molecular weight is 263 g/mol. The van der Waals surface area contributed by atoms with E-state index in [2.05, 4.69) is 5.32 Å². The van der Waals surface area contributed by atoms with Gasteiger partial charge in [-0.3, -0.25) is 9.59 Å². The molecule has 0 atom stereocenters. The van der Waals surface area contributed by atoms with Crippen LogP contribution >= 0.6 is 0 Å². The van der Waals surface area contributed by atoms with E-state index in [1.807, 2.05) is 12.1 Å². The maximum Gasteiger partial charge on any atom is 0.224 e. The highest BCUT2D eigenvalue weighted by Crippen LogP contribution is 2.25. The summed E-state index contributed by atoms with van der Waals surface area (Å²) in [6.45, 7) is 0.386. The molecule has 0 aliphatic heterocycles. The van der Waals surface area contributed by atoms with Gasteiger partial charge in [-0.05, 0) is 12.1 Å². The van der Waals surface area contributed by atoms with E-state index in [1.165, 1.54) is 0 Å². The fraction of sp³-hybridized carbons (Fsp3) is 0.429. The van der Waals surface area contributed by atoms with Crippen LogP contribution in [0.5, 0.6) is 11.5 Å². The highest BCUT2D eigenvalue weighted by atomic mass is 16.5. The summed E-state index contributed by atoms with van der Waals surface area (Å²) in [5, 5.41) is 2.82. The molecule has 1 aromatic rings. The van der Waals surface area contributed by atoms with Crippen LogP contribution in [-0.2, 0) is 16.1 Å². The van der Waals surface area contributed by atoms with Crippen molar-refractivity contribution in [3.8, 4) is 11.5 Å². The summed E-state index contributed by atoms with van der Waals surface area (Å²) < 4.78 is 10.4. The Bertz CT molecular complexity index is 490. The Balaban J connectivity index is 1.95. The number of carbonyl (C=O) groups excluding carboxylic acids is 2. The van der Waals surface area contributed by atoms with Gasteiger partial charge in [-0.15, -0.1) is 0 Å². The second-order valence-corrected chi connectivity index (χ2v) is 4.54. The molecule has 0 aromatic heterocycles. The fourth-order valence-corrected chi connectivity index (χ4v) is 2.00. The van der Waals surface area contributed by atoms with E-state index in [-0.39, 0.29) is 17.6 Å². The molecule has 0 spiro atoms. The lowest BCUT2D eigenvalue weighted by atomic mass is 9.83. The van der Waals surface area contributed by atoms with E-state index in [4.69, 9.17) is 9.47 Å². The first kappa shape index (κ1) is 13.4. The van der Waals surface area contributed by atoms with E-state index in [1.54, 1.807) is 20.3 Å². The van der Waals surface area contributed by atoms with Gasteiger partial charge in [0, 0.05) is 31.0 Å². The molecule has 1 N–H and O–H groups in total. The van der Waals surface area contributed by atoms with Crippen molar-refractivity contribution in [1.29, 1.82) is 0 Å². The lowest BCUT2D eigenvalue weighted by Crippen LogP contribution is -2.38. The number of methoxy groups -OCH3 is 2. The standard InChI is InChI=1S/C14H17NO4/c1-18-12-4-3-9(13(7-12)19-2)8-15-14(17)10-5-11(16)6-10/h3-4,7,10H,5-6,8H2,1-2H3,(H,15,17). The average Bonchev–Trinajstić information content (AvgIpc) is 2.41. The van der Waals surface area contributed by atoms with Crippen LogP contribution in [0.4, 0.5) is 0 Å². The van der Waals surface area contributed by atoms with Crippen molar-refractivity contribution in [2.24, 2.45) is 5.92 Å². The van der Waals surface area contributed by atoms with Crippen molar-refractivity contribution in [2.45, 2.75) is 19.4 Å². The molecule has 5 heteroatoms. The smallest absolute Gasteiger partial charge is 0.224 e. The first-order valence-electron chi connectivity index (χ1n) is 6.14. The molecule has 1 saturated carbocycles. The van der Waals surface area contributed by atoms with Crippen molar-refractivity contribution in [1.82, 2.24) is 5.32 Å². The number of benzene rings is 1. The molecule has 1 fully saturated rings. The molecule has 0 saturated heterocycles. The Morgan fingerprint density at radius 3 is 2.63 bits per heavy atom. The minimum Gasteiger partial charge on any atom is -0.497 e. The molecule has 0 unspecified atom stereocenters. The minimum atomic E-state index is -0.156. The van der Waals surface area contributed by atoms with E-state index < -0.39 is 0 Å². The van der Waals surface area contributed by atoms with E-state index in [0.717, 1.165) is 5.56 Å². The second kappa shape index (κ2) is 5.73. The highest BCUT2D eigenvalue weighted by Gasteiger charge is 2.32. The first-order chi connectivity index (χ1) is 9.13. The number of amides is 1. The molecule has 1 aromatic carbocycles. The molecule has 0 radical (unpaired) electrons. The quantitative estimate of drug-likeness (QED) is 0.869. The number of hydrogen-bond acceptors (Lipinski definition) is 4. The number of nitrogens with one attached hydrogen (secondary N) is 1. The third-order valence-electron chi connectivity index (χ3n) is 3.27. The molecular formula is C14H17NO4. The van der Waals surface area contributed by atoms with E-state index >= 15 is 0 Å². The number of hydrogen-bond donors (Lipinski definition) is 1. The van der Waals surface area contributed by atoms with Gasteiger partial charge in [0.25, 0.3) is 0 Å². The summed E-state index contributed by atoms with van der Waals surface area (Å²) in [6, 6.07) is 5.44. The van der Waals surface area contributed by atoms with Gasteiger partial charge in [-0.25, -0.2) is 0 Å². The van der Waals surface area contributed by atoms with E-state index in [0.29, 0.717) is 30.9 Å². The third-order valence-corrected chi connectivity index (χ3v) is 3.27. The molecular weight excluding hydrogens is 246 g/mol. The van der Waals surface area contributed by atoms with Crippen LogP contribution in [0.15, 0.2) is 18.2 Å². The third kappa shape index (κ3) is 3.05. The molecule has 19 heavy (non-hydrogen) atoms. The van der Waals surface area contributed by atoms with Gasteiger partial charge in [0.2, 0.25) is 5.91 Å². The Morgan fingerprint density at radius 1 is 1.32 bits per heavy atom. The van der Waals surface area contributed by atoms with Gasteiger partial charge < -0.3 is 14.8 Å². The fourth-order valence-electron chi connectivity index (χ4n) is 2.00. The summed E-state index contributed by atoms with van der Waals surface area (Å²) >= 11 is 0. The maximum absolute atomic E-state index is 11.7. The summed E-state index contributed by atoms with van der Waals surface area (Å²) in [5.41, 5.74) is 0.877. The number of ketones is 1. The lowest BCUT2D eigenvalue weighted by molar-refractivity contribution is -0.138. The highest BCUT2D eigenvalue weighted by molar-refractivity contribution is 5.96. The van der Waals surface area contributed by atoms with Gasteiger partial charge in [0.1, 0.15) is 17.3 Å². The zero-order valence-corrected chi connectivity index (χ0v) is 11.1. The summed E-state index contributed by atoms with van der Waals surface area (Å²) in [7, 11) is 3.16. The zero-order chi connectivity index (χ0) is 13.8. The maximum atomic E-state index is 11.7. The van der Waals surface area contributed by atoms with Crippen LogP contribution in [-0.4, -0.2) is 25.9 Å². The van der Waals surface area contributed by atoms with Crippen molar-refractivity contribution in [3.05, 3.63) is 23.8 Å². The molecule has 102 valence electrons. The van der Waals surface area contributed by atoms with Crippen molar-refractivity contribution in [3.63, 3.8) is 0 Å². The number of ether oxygens (including phenoxy) is 2. The van der Waals surface area contributed by atoms with Crippen LogP contribution < -0.4 is 14.8 Å². The van der Waals surface area contributed by atoms with Gasteiger partial charge in [0.15, 0.2) is 0 Å². The number of carbonyl (C=O) groups is 2. The van der Waals surface area contributed by atoms with Gasteiger partial charge in [-0.2, -0.15) is 0 Å². The van der Waals surface area contributed by atoms with Crippen molar-refractivity contribution >= 4 is 11.7 Å². The molecule has 1 aliphatic rings. The molecule has 1 aliphatic carbocycles. The van der Waals surface area contributed by atoms with Crippen molar-refractivity contribution < 1.29 is 19.1 Å². The molecule has 2 rings (SSSR count). The normalized spacial score (nSPS) is 14.7. The Morgan fingerprint density at radius 2 is 2.05 bits per heavy atom. The molecule has 1 amide bonds. The lowest BCUT2D eigenvalue weighted by Gasteiger charge is -2.23. The second-order valence-electron chi connectivity index (χ2n) is 4.54. The van der Waals surface area contributed by atoms with Crippen LogP contribution in [0.1, 0.15) is 18.4 Å². The first-order valence-corrected chi connectivity index (χ1v) is 6.14. The summed E-state index contributed by atoms with van der Waals surface area (Å²) in [4.78, 5) is 22.6. The largest absolute Gasteiger partial charge is 0.497 e. The SMILES string of the molecule is COc1ccc(CNC(=O)C2CC(=O)C2)c(OC)c1. The monoisotopic (exact) mass is 263 g/mol. The Labute approximate surface area is 111 Å².